The highest BCUT2D eigenvalue weighted by molar-refractivity contribution is 5.72. The molecule has 0 aliphatic carbocycles. The lowest BCUT2D eigenvalue weighted by atomic mass is 10.1. The molecule has 0 amide bonds. The highest BCUT2D eigenvalue weighted by Crippen LogP contribution is 2.15. The zero-order valence-electron chi connectivity index (χ0n) is 12.4. The molecule has 0 radical (unpaired) electrons. The number of aromatic amines is 2. The van der Waals surface area contributed by atoms with E-state index in [1.807, 2.05) is 4.98 Å². The van der Waals surface area contributed by atoms with Crippen molar-refractivity contribution in [2.45, 2.75) is 31.3 Å². The second kappa shape index (κ2) is 8.55. The number of nitrogens with one attached hydrogen (secondary N) is 3. The number of aromatic nitrogens is 2. The van der Waals surface area contributed by atoms with E-state index < -0.39 is 42.2 Å². The molecule has 23 heavy (non-hydrogen) atoms. The van der Waals surface area contributed by atoms with E-state index in [1.165, 1.54) is 6.21 Å². The van der Waals surface area contributed by atoms with Gasteiger partial charge in [-0.15, -0.1) is 0 Å². The Bertz CT molecular complexity index is 640. The molecular weight excluding hydrogens is 310 g/mol. The molecule has 0 aliphatic rings. The lowest BCUT2D eigenvalue weighted by Gasteiger charge is -2.22. The predicted molar refractivity (Wildman–Crippen MR) is 83.1 cm³/mol. The van der Waals surface area contributed by atoms with E-state index >= 15 is 0 Å². The van der Waals surface area contributed by atoms with Crippen molar-refractivity contribution in [2.75, 3.05) is 18.5 Å². The summed E-state index contributed by atoms with van der Waals surface area (Å²) in [6, 6.07) is -0.429. The fourth-order valence-electron chi connectivity index (χ4n) is 1.61. The topological polar surface area (TPSA) is 197 Å². The van der Waals surface area contributed by atoms with Crippen LogP contribution >= 0.6 is 0 Å². The van der Waals surface area contributed by atoms with Gasteiger partial charge in [0.05, 0.1) is 12.7 Å². The van der Waals surface area contributed by atoms with E-state index in [0.29, 0.717) is 0 Å². The van der Waals surface area contributed by atoms with Crippen molar-refractivity contribution in [1.82, 2.24) is 9.97 Å². The Labute approximate surface area is 130 Å². The molecule has 1 aromatic rings. The van der Waals surface area contributed by atoms with E-state index in [4.69, 9.17) is 10.8 Å². The number of H-pyrrole nitrogens is 2. The molecule has 4 atom stereocenters. The van der Waals surface area contributed by atoms with Crippen LogP contribution in [0.25, 0.3) is 0 Å². The normalized spacial score (nSPS) is 17.0. The van der Waals surface area contributed by atoms with Crippen LogP contribution in [0.4, 0.5) is 11.5 Å². The minimum Gasteiger partial charge on any atom is -0.394 e. The molecule has 0 fully saturated rings. The minimum absolute atomic E-state index is 0.0830. The molecule has 0 spiro atoms. The van der Waals surface area contributed by atoms with Gasteiger partial charge in [0.2, 0.25) is 0 Å². The molecule has 0 aliphatic heterocycles. The number of hydrogen-bond acceptors (Lipinski definition) is 9. The maximum absolute atomic E-state index is 11.8. The van der Waals surface area contributed by atoms with Gasteiger partial charge in [-0.1, -0.05) is 0 Å². The molecule has 0 unspecified atom stereocenters. The summed E-state index contributed by atoms with van der Waals surface area (Å²) >= 11 is 0. The van der Waals surface area contributed by atoms with Gasteiger partial charge in [-0.2, -0.15) is 0 Å². The highest BCUT2D eigenvalue weighted by atomic mass is 16.4. The second-order valence-electron chi connectivity index (χ2n) is 4.96. The lowest BCUT2D eigenvalue weighted by Crippen LogP contribution is -2.43. The summed E-state index contributed by atoms with van der Waals surface area (Å²) in [6.07, 6.45) is -3.32. The fraction of sp³-hybridized carbons (Fsp3) is 0.583. The molecule has 11 heteroatoms. The smallest absolute Gasteiger partial charge is 0.327 e. The molecule has 0 aromatic carbocycles. The van der Waals surface area contributed by atoms with Crippen molar-refractivity contribution in [3.63, 3.8) is 0 Å². The molecule has 1 heterocycles. The Kier molecular flexibility index (Phi) is 7.06. The third-order valence-electron chi connectivity index (χ3n) is 2.82. The van der Waals surface area contributed by atoms with Gasteiger partial charge in [0.1, 0.15) is 18.0 Å². The van der Waals surface area contributed by atoms with Crippen LogP contribution in [-0.4, -0.2) is 74.1 Å². The first-order chi connectivity index (χ1) is 10.8. The van der Waals surface area contributed by atoms with E-state index in [0.717, 1.165) is 0 Å². The van der Waals surface area contributed by atoms with Crippen molar-refractivity contribution in [1.29, 1.82) is 0 Å². The number of aliphatic hydroxyl groups is 4. The minimum atomic E-state index is -1.61. The van der Waals surface area contributed by atoms with Gasteiger partial charge < -0.3 is 31.5 Å². The van der Waals surface area contributed by atoms with Crippen LogP contribution in [0.5, 0.6) is 0 Å². The van der Waals surface area contributed by atoms with Gasteiger partial charge in [-0.3, -0.25) is 19.8 Å². The lowest BCUT2D eigenvalue weighted by molar-refractivity contribution is -0.0715. The average molecular weight is 331 g/mol. The van der Waals surface area contributed by atoms with Crippen LogP contribution in [0, 0.1) is 0 Å². The summed E-state index contributed by atoms with van der Waals surface area (Å²) in [7, 11) is 0. The number of aliphatic hydroxyl groups excluding tert-OH is 4. The quantitative estimate of drug-likeness (QED) is 0.225. The third kappa shape index (κ3) is 5.58. The Morgan fingerprint density at radius 1 is 1.26 bits per heavy atom. The largest absolute Gasteiger partial charge is 0.394 e. The first-order valence-electron chi connectivity index (χ1n) is 6.81. The first kappa shape index (κ1) is 19.0. The monoisotopic (exact) mass is 331 g/mol. The maximum atomic E-state index is 11.8. The summed E-state index contributed by atoms with van der Waals surface area (Å²) in [5.74, 6) is -0.0830. The van der Waals surface area contributed by atoms with Gasteiger partial charge in [0.25, 0.3) is 5.56 Å². The van der Waals surface area contributed by atoms with E-state index in [2.05, 4.69) is 15.3 Å². The van der Waals surface area contributed by atoms with Crippen molar-refractivity contribution in [3.05, 3.63) is 20.8 Å². The summed E-state index contributed by atoms with van der Waals surface area (Å²) in [4.78, 5) is 31.2. The molecule has 1 rings (SSSR count). The summed E-state index contributed by atoms with van der Waals surface area (Å²) in [6.45, 7) is 0.579. The highest BCUT2D eigenvalue weighted by Gasteiger charge is 2.24. The van der Waals surface area contributed by atoms with Crippen LogP contribution in [0.15, 0.2) is 14.6 Å². The molecular formula is C12H21N5O6. The van der Waals surface area contributed by atoms with Crippen LogP contribution < -0.4 is 22.3 Å². The molecule has 0 saturated heterocycles. The fourth-order valence-corrected chi connectivity index (χ4v) is 1.61. The summed E-state index contributed by atoms with van der Waals surface area (Å²) in [5.41, 5.74) is 3.79. The predicted octanol–water partition coefficient (Wildman–Crippen LogP) is -3.40. The van der Waals surface area contributed by atoms with Crippen molar-refractivity contribution < 1.29 is 20.4 Å². The number of rotatable bonds is 8. The maximum Gasteiger partial charge on any atom is 0.327 e. The molecule has 0 bridgehead atoms. The number of anilines is 1. The van der Waals surface area contributed by atoms with E-state index in [9.17, 15) is 24.9 Å². The van der Waals surface area contributed by atoms with Crippen molar-refractivity contribution in [2.24, 2.45) is 10.7 Å². The number of hydrogen-bond donors (Lipinski definition) is 8. The van der Waals surface area contributed by atoms with E-state index in [-0.39, 0.29) is 18.1 Å². The first-order valence-corrected chi connectivity index (χ1v) is 6.81. The SMILES string of the molecule is C[C@H](N)C=Nc1c(NC[C@H](O)[C@H](O)[C@H](O)CO)[nH]c(=O)[nH]c1=O. The molecule has 1 aromatic heterocycles. The van der Waals surface area contributed by atoms with Crippen LogP contribution in [0.3, 0.4) is 0 Å². The standard InChI is InChI=1S/C12H21N5O6/c1-5(13)2-14-8-10(16-12(23)17-11(8)22)15-3-6(19)9(21)7(20)4-18/h2,5-7,9,18-21H,3-4,13H2,1H3,(H3,15,16,17,22,23)/t5-,6-,7+,9-/m0/s1. The molecule has 11 nitrogen and oxygen atoms in total. The Morgan fingerprint density at radius 3 is 2.48 bits per heavy atom. The zero-order valence-corrected chi connectivity index (χ0v) is 12.4. The van der Waals surface area contributed by atoms with Crippen molar-refractivity contribution in [3.8, 4) is 0 Å². The second-order valence-corrected chi connectivity index (χ2v) is 4.96. The van der Waals surface area contributed by atoms with Crippen LogP contribution in [-0.2, 0) is 0 Å². The van der Waals surface area contributed by atoms with Crippen LogP contribution in [0.1, 0.15) is 6.92 Å². The summed E-state index contributed by atoms with van der Waals surface area (Å²) in [5, 5.41) is 39.7. The van der Waals surface area contributed by atoms with Gasteiger partial charge >= 0.3 is 5.69 Å². The number of nitrogens with two attached hydrogens (primary N) is 1. The van der Waals surface area contributed by atoms with Gasteiger partial charge in [0.15, 0.2) is 5.69 Å². The zero-order chi connectivity index (χ0) is 17.6. The van der Waals surface area contributed by atoms with Crippen molar-refractivity contribution >= 4 is 17.7 Å². The Hall–Kier alpha value is -2.05. The van der Waals surface area contributed by atoms with Crippen LogP contribution in [0.2, 0.25) is 0 Å². The third-order valence-corrected chi connectivity index (χ3v) is 2.82. The number of nitrogens with zero attached hydrogens (tertiary/aromatic N) is 1. The van der Waals surface area contributed by atoms with Gasteiger partial charge in [0, 0.05) is 18.8 Å². The molecule has 130 valence electrons. The average Bonchev–Trinajstić information content (AvgIpc) is 2.49. The Morgan fingerprint density at radius 2 is 1.91 bits per heavy atom. The Balaban J connectivity index is 2.95. The van der Waals surface area contributed by atoms with Gasteiger partial charge in [-0.25, -0.2) is 4.79 Å². The van der Waals surface area contributed by atoms with Gasteiger partial charge in [-0.05, 0) is 6.92 Å². The molecule has 0 saturated carbocycles. The number of aliphatic imine (C=N–C) groups is 1. The summed E-state index contributed by atoms with van der Waals surface area (Å²) < 4.78 is 0. The molecule has 9 N–H and O–H groups in total. The van der Waals surface area contributed by atoms with E-state index in [1.54, 1.807) is 6.92 Å².